The van der Waals surface area contributed by atoms with Crippen molar-refractivity contribution in [3.63, 3.8) is 0 Å². The Hall–Kier alpha value is -0.0831. The highest BCUT2D eigenvalue weighted by Crippen LogP contribution is 2.27. The number of unbranched alkanes of at least 4 members (excludes halogenated alkanes) is 1. The van der Waals surface area contributed by atoms with Crippen LogP contribution in [0.25, 0.3) is 0 Å². The fourth-order valence-corrected chi connectivity index (χ4v) is 5.08. The van der Waals surface area contributed by atoms with Gasteiger partial charge in [0.15, 0.2) is 8.32 Å². The van der Waals surface area contributed by atoms with Crippen molar-refractivity contribution in [2.75, 3.05) is 6.61 Å². The number of hydrogen-bond donors (Lipinski definition) is 0. The van der Waals surface area contributed by atoms with Crippen molar-refractivity contribution in [2.45, 2.75) is 51.2 Å². The summed E-state index contributed by atoms with van der Waals surface area (Å²) >= 11 is 0. The first-order chi connectivity index (χ1) is 6.27. The minimum absolute atomic E-state index is 1.03. The molecule has 1 atom stereocenters. The molecule has 1 fully saturated rings. The summed E-state index contributed by atoms with van der Waals surface area (Å²) in [5.74, 6) is 0. The monoisotopic (exact) mass is 198 g/mol. The first kappa shape index (κ1) is 11.0. The van der Waals surface area contributed by atoms with Gasteiger partial charge >= 0.3 is 0 Å². The molecule has 1 aliphatic rings. The van der Waals surface area contributed by atoms with E-state index in [2.05, 4.69) is 25.6 Å². The lowest BCUT2D eigenvalue weighted by molar-refractivity contribution is 0.269. The van der Waals surface area contributed by atoms with Gasteiger partial charge in [-0.3, -0.25) is 0 Å². The zero-order valence-electron chi connectivity index (χ0n) is 9.01. The van der Waals surface area contributed by atoms with Crippen LogP contribution in [0.1, 0.15) is 32.6 Å². The van der Waals surface area contributed by atoms with Crippen LogP contribution in [-0.2, 0) is 4.43 Å². The third kappa shape index (κ3) is 4.10. The summed E-state index contributed by atoms with van der Waals surface area (Å²) in [4.78, 5) is 0. The average molecular weight is 198 g/mol. The second-order valence-corrected chi connectivity index (χ2v) is 8.41. The molecule has 0 aromatic carbocycles. The second kappa shape index (κ2) is 5.61. The summed E-state index contributed by atoms with van der Waals surface area (Å²) in [5, 5.41) is 0. The zero-order valence-corrected chi connectivity index (χ0v) is 10.0. The summed E-state index contributed by atoms with van der Waals surface area (Å²) in [6.45, 7) is 5.53. The molecule has 0 bridgehead atoms. The molecule has 1 unspecified atom stereocenters. The molecular weight excluding hydrogens is 176 g/mol. The van der Waals surface area contributed by atoms with E-state index in [1.54, 1.807) is 0 Å². The van der Waals surface area contributed by atoms with Crippen LogP contribution in [0.15, 0.2) is 12.2 Å². The first-order valence-corrected chi connectivity index (χ1v) is 8.34. The Morgan fingerprint density at radius 3 is 2.85 bits per heavy atom. The van der Waals surface area contributed by atoms with Crippen molar-refractivity contribution in [1.29, 1.82) is 0 Å². The first-order valence-electron chi connectivity index (χ1n) is 5.52. The molecule has 0 spiro atoms. The summed E-state index contributed by atoms with van der Waals surface area (Å²) in [6.07, 6.45) is 9.67. The van der Waals surface area contributed by atoms with Gasteiger partial charge in [-0.25, -0.2) is 0 Å². The predicted molar refractivity (Wildman–Crippen MR) is 60.5 cm³/mol. The molecule has 0 radical (unpaired) electrons. The number of rotatable bonds is 4. The Labute approximate surface area is 83.3 Å². The maximum atomic E-state index is 5.96. The highest BCUT2D eigenvalue weighted by atomic mass is 28.4. The average Bonchev–Trinajstić information content (AvgIpc) is 2.14. The third-order valence-corrected chi connectivity index (χ3v) is 6.59. The number of hydrogen-bond acceptors (Lipinski definition) is 1. The van der Waals surface area contributed by atoms with Crippen LogP contribution in [0.2, 0.25) is 18.6 Å². The molecule has 76 valence electrons. The van der Waals surface area contributed by atoms with E-state index in [1.165, 1.54) is 37.8 Å². The summed E-state index contributed by atoms with van der Waals surface area (Å²) in [5.41, 5.74) is 0. The largest absolute Gasteiger partial charge is 0.417 e. The Kier molecular flexibility index (Phi) is 4.74. The van der Waals surface area contributed by atoms with Crippen LogP contribution >= 0.6 is 0 Å². The zero-order chi connectivity index (χ0) is 9.57. The fourth-order valence-electron chi connectivity index (χ4n) is 1.95. The summed E-state index contributed by atoms with van der Waals surface area (Å²) in [6, 6.07) is 2.75. The van der Waals surface area contributed by atoms with Crippen molar-refractivity contribution >= 4 is 8.32 Å². The van der Waals surface area contributed by atoms with Gasteiger partial charge in [-0.2, -0.15) is 0 Å². The highest BCUT2D eigenvalue weighted by molar-refractivity contribution is 6.72. The predicted octanol–water partition coefficient (Wildman–Crippen LogP) is 3.73. The molecule has 0 amide bonds. The van der Waals surface area contributed by atoms with E-state index in [-0.39, 0.29) is 0 Å². The maximum absolute atomic E-state index is 5.96. The Morgan fingerprint density at radius 1 is 1.38 bits per heavy atom. The van der Waals surface area contributed by atoms with E-state index < -0.39 is 8.32 Å². The summed E-state index contributed by atoms with van der Waals surface area (Å²) < 4.78 is 5.96. The van der Waals surface area contributed by atoms with Crippen LogP contribution in [0.3, 0.4) is 0 Å². The van der Waals surface area contributed by atoms with Gasteiger partial charge in [0.1, 0.15) is 0 Å². The van der Waals surface area contributed by atoms with Crippen LogP contribution in [0.5, 0.6) is 0 Å². The van der Waals surface area contributed by atoms with Gasteiger partial charge in [-0.05, 0) is 38.4 Å². The van der Waals surface area contributed by atoms with Crippen molar-refractivity contribution in [1.82, 2.24) is 0 Å². The van der Waals surface area contributed by atoms with Crippen molar-refractivity contribution in [3.8, 4) is 0 Å². The summed E-state index contributed by atoms with van der Waals surface area (Å²) in [7, 11) is -1.22. The quantitative estimate of drug-likeness (QED) is 0.380. The van der Waals surface area contributed by atoms with E-state index in [1.807, 2.05) is 0 Å². The molecule has 1 nitrogen and oxygen atoms in total. The van der Waals surface area contributed by atoms with E-state index in [0.717, 1.165) is 6.61 Å². The van der Waals surface area contributed by atoms with Crippen LogP contribution in [-0.4, -0.2) is 14.9 Å². The standard InChI is InChI=1S/C11H22OSi/c1-3-4-5-7-10-13(2)11-8-6-9-12-13/h3-4H,5-11H2,1-2H3. The molecule has 1 aliphatic heterocycles. The van der Waals surface area contributed by atoms with E-state index in [0.29, 0.717) is 0 Å². The van der Waals surface area contributed by atoms with Crippen LogP contribution in [0.4, 0.5) is 0 Å². The Balaban J connectivity index is 2.17. The normalized spacial score (nSPS) is 29.7. The van der Waals surface area contributed by atoms with E-state index in [4.69, 9.17) is 4.43 Å². The van der Waals surface area contributed by atoms with Crippen molar-refractivity contribution < 1.29 is 4.43 Å². The van der Waals surface area contributed by atoms with Crippen molar-refractivity contribution in [3.05, 3.63) is 12.2 Å². The van der Waals surface area contributed by atoms with Gasteiger partial charge < -0.3 is 4.43 Å². The molecule has 1 rings (SSSR count). The van der Waals surface area contributed by atoms with Crippen LogP contribution < -0.4 is 0 Å². The SMILES string of the molecule is CC=CCCC[Si]1(C)CCCCO1. The molecule has 0 N–H and O–H groups in total. The molecule has 1 heterocycles. The lowest BCUT2D eigenvalue weighted by Crippen LogP contribution is -2.37. The molecule has 0 aromatic rings. The minimum atomic E-state index is -1.22. The van der Waals surface area contributed by atoms with Gasteiger partial charge in [0.2, 0.25) is 0 Å². The van der Waals surface area contributed by atoms with Gasteiger partial charge in [0, 0.05) is 6.61 Å². The van der Waals surface area contributed by atoms with E-state index >= 15 is 0 Å². The van der Waals surface area contributed by atoms with Crippen molar-refractivity contribution in [2.24, 2.45) is 0 Å². The Morgan fingerprint density at radius 2 is 2.23 bits per heavy atom. The van der Waals surface area contributed by atoms with Gasteiger partial charge in [0.05, 0.1) is 0 Å². The Bertz CT molecular complexity index is 159. The minimum Gasteiger partial charge on any atom is -0.417 e. The molecule has 0 aliphatic carbocycles. The van der Waals surface area contributed by atoms with Gasteiger partial charge in [-0.1, -0.05) is 25.0 Å². The van der Waals surface area contributed by atoms with E-state index in [9.17, 15) is 0 Å². The molecule has 2 heteroatoms. The topological polar surface area (TPSA) is 9.23 Å². The van der Waals surface area contributed by atoms with Gasteiger partial charge in [-0.15, -0.1) is 0 Å². The van der Waals surface area contributed by atoms with Gasteiger partial charge in [0.25, 0.3) is 0 Å². The molecule has 0 saturated carbocycles. The molecule has 13 heavy (non-hydrogen) atoms. The third-order valence-electron chi connectivity index (χ3n) is 2.86. The smallest absolute Gasteiger partial charge is 0.189 e. The molecule has 0 aromatic heterocycles. The lowest BCUT2D eigenvalue weighted by Gasteiger charge is -2.31. The molecule has 1 saturated heterocycles. The second-order valence-electron chi connectivity index (χ2n) is 4.22. The fraction of sp³-hybridized carbons (Fsp3) is 0.818. The van der Waals surface area contributed by atoms with Crippen LogP contribution in [0, 0.1) is 0 Å². The number of allylic oxidation sites excluding steroid dienone is 2. The highest BCUT2D eigenvalue weighted by Gasteiger charge is 2.30. The molecular formula is C11H22OSi. The lowest BCUT2D eigenvalue weighted by atomic mass is 10.3. The maximum Gasteiger partial charge on any atom is 0.189 e.